The van der Waals surface area contributed by atoms with Gasteiger partial charge in [-0.2, -0.15) is 5.10 Å². The fourth-order valence-corrected chi connectivity index (χ4v) is 3.83. The number of hydrogen-bond donors (Lipinski definition) is 2. The second kappa shape index (κ2) is 9.71. The zero-order valence-corrected chi connectivity index (χ0v) is 19.3. The van der Waals surface area contributed by atoms with Crippen LogP contribution in [0.2, 0.25) is 0 Å². The summed E-state index contributed by atoms with van der Waals surface area (Å²) in [6.45, 7) is 0.455. The van der Waals surface area contributed by atoms with E-state index in [0.29, 0.717) is 12.5 Å². The van der Waals surface area contributed by atoms with Crippen molar-refractivity contribution in [2.75, 3.05) is 0 Å². The molecule has 33 heavy (non-hydrogen) atoms. The number of H-pyrrole nitrogens is 2. The summed E-state index contributed by atoms with van der Waals surface area (Å²) in [5, 5.41) is 8.68. The highest BCUT2D eigenvalue weighted by molar-refractivity contribution is 9.10. The quantitative estimate of drug-likeness (QED) is 0.255. The van der Waals surface area contributed by atoms with Crippen LogP contribution in [-0.4, -0.2) is 20.2 Å². The molecular weight excluding hydrogens is 476 g/mol. The van der Waals surface area contributed by atoms with Crippen LogP contribution in [0.3, 0.4) is 0 Å². The Bertz CT molecular complexity index is 1430. The summed E-state index contributed by atoms with van der Waals surface area (Å²) in [6.07, 6.45) is 11.8. The summed E-state index contributed by atoms with van der Waals surface area (Å²) in [4.78, 5) is 7.43. The fraction of sp³-hybridized carbons (Fsp3) is 0.0370. The fourth-order valence-electron chi connectivity index (χ4n) is 3.45. The van der Waals surface area contributed by atoms with Gasteiger partial charge in [-0.25, -0.2) is 4.98 Å². The van der Waals surface area contributed by atoms with Gasteiger partial charge in [0.1, 0.15) is 6.61 Å². The molecular formula is C27H21BrN4O. The molecule has 0 spiro atoms. The molecule has 5 rings (SSSR count). The monoisotopic (exact) mass is 496 g/mol. The molecule has 0 aliphatic heterocycles. The molecule has 0 radical (unpaired) electrons. The minimum atomic E-state index is 0.455. The molecule has 0 aliphatic carbocycles. The number of aromatic nitrogens is 4. The zero-order chi connectivity index (χ0) is 22.5. The summed E-state index contributed by atoms with van der Waals surface area (Å²) in [6, 6.07) is 22.2. The lowest BCUT2D eigenvalue weighted by molar-refractivity contribution is 0.294. The van der Waals surface area contributed by atoms with Crippen molar-refractivity contribution in [2.45, 2.75) is 6.61 Å². The van der Waals surface area contributed by atoms with E-state index in [1.165, 1.54) is 5.39 Å². The van der Waals surface area contributed by atoms with E-state index < -0.39 is 0 Å². The summed E-state index contributed by atoms with van der Waals surface area (Å²) in [7, 11) is 0. The molecule has 3 aromatic heterocycles. The van der Waals surface area contributed by atoms with Gasteiger partial charge < -0.3 is 9.72 Å². The van der Waals surface area contributed by atoms with Crippen LogP contribution in [0.4, 0.5) is 0 Å². The van der Waals surface area contributed by atoms with Crippen molar-refractivity contribution < 1.29 is 4.74 Å². The van der Waals surface area contributed by atoms with Crippen LogP contribution < -0.4 is 4.74 Å². The van der Waals surface area contributed by atoms with Gasteiger partial charge in [0.15, 0.2) is 0 Å². The first-order valence-corrected chi connectivity index (χ1v) is 11.3. The standard InChI is InChI=1S/C27H21BrN4O/c28-25-11-6-20(18-33-27-3-1-2-13-30-27)15-22(25)8-10-24-17-23(31-32-24)9-5-19-4-7-21-12-14-29-26(21)16-19/h1-17,29H,18H2,(H,31,32)/b9-5+,10-8+. The van der Waals surface area contributed by atoms with Gasteiger partial charge in [-0.1, -0.05) is 52.3 Å². The van der Waals surface area contributed by atoms with Crippen molar-refractivity contribution in [3.8, 4) is 5.88 Å². The molecule has 0 saturated heterocycles. The predicted molar refractivity (Wildman–Crippen MR) is 137 cm³/mol. The number of fused-ring (bicyclic) bond motifs is 1. The van der Waals surface area contributed by atoms with Crippen LogP contribution in [0.1, 0.15) is 28.1 Å². The third-order valence-corrected chi connectivity index (χ3v) is 5.89. The lowest BCUT2D eigenvalue weighted by Crippen LogP contribution is -1.97. The number of pyridine rings is 1. The van der Waals surface area contributed by atoms with Gasteiger partial charge in [0.05, 0.1) is 11.4 Å². The van der Waals surface area contributed by atoms with E-state index >= 15 is 0 Å². The topological polar surface area (TPSA) is 66.6 Å². The largest absolute Gasteiger partial charge is 0.473 e. The smallest absolute Gasteiger partial charge is 0.213 e. The molecule has 162 valence electrons. The van der Waals surface area contributed by atoms with Crippen molar-refractivity contribution in [1.82, 2.24) is 20.2 Å². The lowest BCUT2D eigenvalue weighted by atomic mass is 10.1. The maximum atomic E-state index is 5.76. The first kappa shape index (κ1) is 21.0. The SMILES string of the molecule is Brc1ccc(COc2ccccn2)cc1/C=C/c1cc(/C=C/c2ccc3cc[nH]c3c2)[nH]n1. The normalized spacial score (nSPS) is 11.7. The number of nitrogens with one attached hydrogen (secondary N) is 2. The highest BCUT2D eigenvalue weighted by Gasteiger charge is 2.02. The van der Waals surface area contributed by atoms with Crippen molar-refractivity contribution in [2.24, 2.45) is 0 Å². The molecule has 2 N–H and O–H groups in total. The Hall–Kier alpha value is -3.90. The van der Waals surface area contributed by atoms with E-state index in [0.717, 1.165) is 38.1 Å². The predicted octanol–water partition coefficient (Wildman–Crippen LogP) is 6.97. The van der Waals surface area contributed by atoms with Crippen LogP contribution in [0.5, 0.6) is 5.88 Å². The molecule has 0 amide bonds. The number of nitrogens with zero attached hydrogens (tertiary/aromatic N) is 2. The van der Waals surface area contributed by atoms with Crippen molar-refractivity contribution in [1.29, 1.82) is 0 Å². The second-order valence-corrected chi connectivity index (χ2v) is 8.41. The molecule has 5 nitrogen and oxygen atoms in total. The molecule has 0 bridgehead atoms. The maximum Gasteiger partial charge on any atom is 0.213 e. The first-order chi connectivity index (χ1) is 16.2. The molecule has 3 heterocycles. The number of aromatic amines is 2. The molecule has 5 aromatic rings. The van der Waals surface area contributed by atoms with E-state index in [4.69, 9.17) is 4.74 Å². The molecule has 2 aromatic carbocycles. The van der Waals surface area contributed by atoms with Gasteiger partial charge in [-0.15, -0.1) is 0 Å². The average molecular weight is 497 g/mol. The van der Waals surface area contributed by atoms with Crippen LogP contribution in [0.25, 0.3) is 35.2 Å². The first-order valence-electron chi connectivity index (χ1n) is 10.5. The summed E-state index contributed by atoms with van der Waals surface area (Å²) in [5.74, 6) is 0.613. The van der Waals surface area contributed by atoms with Gasteiger partial charge in [-0.3, -0.25) is 5.10 Å². The third kappa shape index (κ3) is 5.30. The molecule has 0 saturated carbocycles. The number of hydrogen-bond acceptors (Lipinski definition) is 3. The van der Waals surface area contributed by atoms with Crippen LogP contribution in [0, 0.1) is 0 Å². The van der Waals surface area contributed by atoms with Crippen LogP contribution in [0.15, 0.2) is 83.6 Å². The highest BCUT2D eigenvalue weighted by Crippen LogP contribution is 2.22. The minimum Gasteiger partial charge on any atom is -0.473 e. The summed E-state index contributed by atoms with van der Waals surface area (Å²) >= 11 is 3.62. The number of ether oxygens (including phenoxy) is 1. The van der Waals surface area contributed by atoms with Gasteiger partial charge in [0.2, 0.25) is 5.88 Å². The van der Waals surface area contributed by atoms with E-state index in [1.54, 1.807) is 6.20 Å². The number of halogens is 1. The molecule has 0 unspecified atom stereocenters. The maximum absolute atomic E-state index is 5.76. The van der Waals surface area contributed by atoms with Gasteiger partial charge in [0.25, 0.3) is 0 Å². The third-order valence-electron chi connectivity index (χ3n) is 5.17. The van der Waals surface area contributed by atoms with Crippen molar-refractivity contribution in [3.63, 3.8) is 0 Å². The zero-order valence-electron chi connectivity index (χ0n) is 17.7. The van der Waals surface area contributed by atoms with Gasteiger partial charge in [0, 0.05) is 28.4 Å². The Morgan fingerprint density at radius 3 is 2.79 bits per heavy atom. The molecule has 0 aliphatic rings. The van der Waals surface area contributed by atoms with E-state index in [9.17, 15) is 0 Å². The minimum absolute atomic E-state index is 0.455. The second-order valence-electron chi connectivity index (χ2n) is 7.55. The van der Waals surface area contributed by atoms with Crippen molar-refractivity contribution in [3.05, 3.63) is 112 Å². The van der Waals surface area contributed by atoms with E-state index in [1.807, 2.05) is 60.8 Å². The van der Waals surface area contributed by atoms with Crippen molar-refractivity contribution >= 4 is 51.1 Å². The molecule has 6 heteroatoms. The Labute approximate surface area is 200 Å². The Balaban J connectivity index is 1.25. The Morgan fingerprint density at radius 1 is 0.909 bits per heavy atom. The highest BCUT2D eigenvalue weighted by atomic mass is 79.9. The van der Waals surface area contributed by atoms with Gasteiger partial charge >= 0.3 is 0 Å². The lowest BCUT2D eigenvalue weighted by Gasteiger charge is -2.07. The van der Waals surface area contributed by atoms with Gasteiger partial charge in [-0.05, 0) is 70.6 Å². The molecule has 0 atom stereocenters. The average Bonchev–Trinajstić information content (AvgIpc) is 3.51. The number of rotatable bonds is 7. The summed E-state index contributed by atoms with van der Waals surface area (Å²) < 4.78 is 6.77. The van der Waals surface area contributed by atoms with E-state index in [2.05, 4.69) is 72.5 Å². The Kier molecular flexibility index (Phi) is 6.17. The van der Waals surface area contributed by atoms with Crippen LogP contribution in [-0.2, 0) is 6.61 Å². The van der Waals surface area contributed by atoms with Crippen LogP contribution >= 0.6 is 15.9 Å². The van der Waals surface area contributed by atoms with E-state index in [-0.39, 0.29) is 0 Å². The Morgan fingerprint density at radius 2 is 1.88 bits per heavy atom. The summed E-state index contributed by atoms with van der Waals surface area (Å²) in [5.41, 5.74) is 6.17. The molecule has 0 fully saturated rings. The number of benzene rings is 2.